The topological polar surface area (TPSA) is 108 Å². The fourth-order valence-corrected chi connectivity index (χ4v) is 2.55. The molecule has 1 unspecified atom stereocenters. The van der Waals surface area contributed by atoms with Crippen LogP contribution in [-0.2, 0) is 25.7 Å². The van der Waals surface area contributed by atoms with E-state index >= 15 is 0 Å². The number of carbonyl (C=O) groups is 2. The molecule has 0 fully saturated rings. The number of pyridine rings is 1. The van der Waals surface area contributed by atoms with Crippen molar-refractivity contribution in [3.8, 4) is 11.5 Å². The first-order chi connectivity index (χ1) is 14.5. The zero-order chi connectivity index (χ0) is 21.8. The standard InChI is InChI=1S/C21H27N3O6/c1-27-16-6-4-15(5-7-16)14-30-11-10-22-18(21(26)29-3)12-20(25)24-19-9-8-17(28-2)13-23-19/h4-9,13,18,22H,10-12,14H2,1-3H3,(H,23,24,25). The molecule has 9 nitrogen and oxygen atoms in total. The molecule has 0 aliphatic heterocycles. The molecule has 2 aromatic rings. The van der Waals surface area contributed by atoms with Gasteiger partial charge in [0.1, 0.15) is 23.4 Å². The molecule has 162 valence electrons. The summed E-state index contributed by atoms with van der Waals surface area (Å²) in [5, 5.41) is 5.63. The third-order valence-electron chi connectivity index (χ3n) is 4.18. The van der Waals surface area contributed by atoms with Crippen molar-refractivity contribution in [2.75, 3.05) is 39.8 Å². The molecule has 0 aliphatic carbocycles. The summed E-state index contributed by atoms with van der Waals surface area (Å²) in [7, 11) is 4.42. The molecule has 1 heterocycles. The lowest BCUT2D eigenvalue weighted by atomic mass is 10.2. The number of hydrogen-bond acceptors (Lipinski definition) is 8. The largest absolute Gasteiger partial charge is 0.497 e. The van der Waals surface area contributed by atoms with Crippen LogP contribution < -0.4 is 20.1 Å². The number of esters is 1. The van der Waals surface area contributed by atoms with Crippen molar-refractivity contribution in [1.82, 2.24) is 10.3 Å². The number of hydrogen-bond donors (Lipinski definition) is 2. The maximum atomic E-state index is 12.3. The third-order valence-corrected chi connectivity index (χ3v) is 4.18. The normalized spacial score (nSPS) is 11.4. The molecule has 0 saturated heterocycles. The summed E-state index contributed by atoms with van der Waals surface area (Å²) in [5.41, 5.74) is 1.01. The fourth-order valence-electron chi connectivity index (χ4n) is 2.55. The van der Waals surface area contributed by atoms with Gasteiger partial charge < -0.3 is 29.6 Å². The number of methoxy groups -OCH3 is 3. The van der Waals surface area contributed by atoms with Crippen molar-refractivity contribution >= 4 is 17.7 Å². The van der Waals surface area contributed by atoms with E-state index in [0.29, 0.717) is 31.3 Å². The van der Waals surface area contributed by atoms with Crippen LogP contribution in [-0.4, -0.2) is 57.4 Å². The quantitative estimate of drug-likeness (QED) is 0.397. The van der Waals surface area contributed by atoms with Crippen molar-refractivity contribution in [2.24, 2.45) is 0 Å². The van der Waals surface area contributed by atoms with Crippen LogP contribution in [0.5, 0.6) is 11.5 Å². The predicted molar refractivity (Wildman–Crippen MR) is 110 cm³/mol. The van der Waals surface area contributed by atoms with Gasteiger partial charge in [0.15, 0.2) is 0 Å². The number of nitrogens with zero attached hydrogens (tertiary/aromatic N) is 1. The molecule has 1 aromatic carbocycles. The minimum absolute atomic E-state index is 0.0984. The Hall–Kier alpha value is -3.17. The SMILES string of the molecule is COC(=O)C(CC(=O)Nc1ccc(OC)cn1)NCCOCc1ccc(OC)cc1. The maximum absolute atomic E-state index is 12.3. The molecule has 1 atom stereocenters. The first-order valence-corrected chi connectivity index (χ1v) is 9.37. The highest BCUT2D eigenvalue weighted by Crippen LogP contribution is 2.12. The van der Waals surface area contributed by atoms with E-state index in [-0.39, 0.29) is 12.3 Å². The average molecular weight is 417 g/mol. The van der Waals surface area contributed by atoms with Crippen molar-refractivity contribution in [1.29, 1.82) is 0 Å². The highest BCUT2D eigenvalue weighted by Gasteiger charge is 2.22. The zero-order valence-electron chi connectivity index (χ0n) is 17.3. The second-order valence-corrected chi connectivity index (χ2v) is 6.27. The zero-order valence-corrected chi connectivity index (χ0v) is 17.3. The van der Waals surface area contributed by atoms with Gasteiger partial charge in [0, 0.05) is 6.54 Å². The van der Waals surface area contributed by atoms with E-state index in [0.717, 1.165) is 11.3 Å². The minimum atomic E-state index is -0.794. The van der Waals surface area contributed by atoms with Gasteiger partial charge >= 0.3 is 5.97 Å². The number of amides is 1. The molecule has 0 spiro atoms. The molecule has 9 heteroatoms. The summed E-state index contributed by atoms with van der Waals surface area (Å²) in [4.78, 5) is 28.3. The van der Waals surface area contributed by atoms with Gasteiger partial charge in [0.05, 0.1) is 47.2 Å². The molecule has 1 aromatic heterocycles. The summed E-state index contributed by atoms with van der Waals surface area (Å²) < 4.78 is 20.5. The molecular formula is C21H27N3O6. The van der Waals surface area contributed by atoms with E-state index in [1.54, 1.807) is 19.2 Å². The third kappa shape index (κ3) is 7.69. The van der Waals surface area contributed by atoms with E-state index in [1.165, 1.54) is 20.4 Å². The van der Waals surface area contributed by atoms with Gasteiger partial charge in [0.2, 0.25) is 5.91 Å². The molecule has 0 bridgehead atoms. The van der Waals surface area contributed by atoms with Crippen LogP contribution >= 0.6 is 0 Å². The highest BCUT2D eigenvalue weighted by molar-refractivity contribution is 5.93. The number of rotatable bonds is 12. The predicted octanol–water partition coefficient (Wildman–Crippen LogP) is 1.78. The molecule has 1 amide bonds. The number of anilines is 1. The summed E-state index contributed by atoms with van der Waals surface area (Å²) in [5.74, 6) is 0.839. The molecule has 2 rings (SSSR count). The Kier molecular flexibility index (Phi) is 9.56. The van der Waals surface area contributed by atoms with Gasteiger partial charge in [-0.3, -0.25) is 9.59 Å². The fraction of sp³-hybridized carbons (Fsp3) is 0.381. The van der Waals surface area contributed by atoms with Gasteiger partial charge in [-0.05, 0) is 29.8 Å². The molecule has 30 heavy (non-hydrogen) atoms. The van der Waals surface area contributed by atoms with E-state index in [1.807, 2.05) is 24.3 Å². The Morgan fingerprint density at radius 2 is 1.70 bits per heavy atom. The Morgan fingerprint density at radius 3 is 2.30 bits per heavy atom. The smallest absolute Gasteiger partial charge is 0.323 e. The second-order valence-electron chi connectivity index (χ2n) is 6.27. The molecule has 2 N–H and O–H groups in total. The number of aromatic nitrogens is 1. The Balaban J connectivity index is 1.75. The number of ether oxygens (including phenoxy) is 4. The van der Waals surface area contributed by atoms with Crippen LogP contribution in [0.2, 0.25) is 0 Å². The summed E-state index contributed by atoms with van der Waals surface area (Å²) in [6, 6.07) is 10.1. The van der Waals surface area contributed by atoms with E-state index < -0.39 is 12.0 Å². The molecule has 0 saturated carbocycles. The lowest BCUT2D eigenvalue weighted by molar-refractivity contribution is -0.144. The van der Waals surface area contributed by atoms with Crippen LogP contribution in [0.4, 0.5) is 5.82 Å². The van der Waals surface area contributed by atoms with Crippen LogP contribution in [0.15, 0.2) is 42.6 Å². The first kappa shape index (κ1) is 23.1. The molecular weight excluding hydrogens is 390 g/mol. The van der Waals surface area contributed by atoms with Gasteiger partial charge in [-0.1, -0.05) is 12.1 Å². The lowest BCUT2D eigenvalue weighted by Gasteiger charge is -2.16. The molecule has 0 radical (unpaired) electrons. The van der Waals surface area contributed by atoms with Gasteiger partial charge in [0.25, 0.3) is 0 Å². The van der Waals surface area contributed by atoms with E-state index in [2.05, 4.69) is 15.6 Å². The summed E-state index contributed by atoms with van der Waals surface area (Å²) in [6.07, 6.45) is 1.39. The van der Waals surface area contributed by atoms with Crippen LogP contribution in [0, 0.1) is 0 Å². The lowest BCUT2D eigenvalue weighted by Crippen LogP contribution is -2.42. The highest BCUT2D eigenvalue weighted by atomic mass is 16.5. The number of carbonyl (C=O) groups excluding carboxylic acids is 2. The second kappa shape index (κ2) is 12.4. The van der Waals surface area contributed by atoms with Gasteiger partial charge in [-0.15, -0.1) is 0 Å². The van der Waals surface area contributed by atoms with Crippen molar-refractivity contribution < 1.29 is 28.5 Å². The van der Waals surface area contributed by atoms with Crippen LogP contribution in [0.1, 0.15) is 12.0 Å². The average Bonchev–Trinajstić information content (AvgIpc) is 2.78. The maximum Gasteiger partial charge on any atom is 0.323 e. The number of nitrogens with one attached hydrogen (secondary N) is 2. The van der Waals surface area contributed by atoms with Crippen LogP contribution in [0.25, 0.3) is 0 Å². The van der Waals surface area contributed by atoms with Crippen molar-refractivity contribution in [2.45, 2.75) is 19.1 Å². The summed E-state index contributed by atoms with van der Waals surface area (Å²) >= 11 is 0. The first-order valence-electron chi connectivity index (χ1n) is 9.37. The Bertz CT molecular complexity index is 795. The Morgan fingerprint density at radius 1 is 1.00 bits per heavy atom. The van der Waals surface area contributed by atoms with Gasteiger partial charge in [-0.25, -0.2) is 4.98 Å². The van der Waals surface area contributed by atoms with E-state index in [4.69, 9.17) is 18.9 Å². The van der Waals surface area contributed by atoms with Crippen molar-refractivity contribution in [3.05, 3.63) is 48.2 Å². The van der Waals surface area contributed by atoms with E-state index in [9.17, 15) is 9.59 Å². The molecule has 0 aliphatic rings. The summed E-state index contributed by atoms with van der Waals surface area (Å²) in [6.45, 7) is 1.17. The van der Waals surface area contributed by atoms with Crippen molar-refractivity contribution in [3.63, 3.8) is 0 Å². The Labute approximate surface area is 175 Å². The number of benzene rings is 1. The minimum Gasteiger partial charge on any atom is -0.497 e. The van der Waals surface area contributed by atoms with Crippen LogP contribution in [0.3, 0.4) is 0 Å². The monoisotopic (exact) mass is 417 g/mol. The van der Waals surface area contributed by atoms with Gasteiger partial charge in [-0.2, -0.15) is 0 Å².